The van der Waals surface area contributed by atoms with E-state index in [-0.39, 0.29) is 0 Å². The van der Waals surface area contributed by atoms with E-state index in [1.165, 1.54) is 6.20 Å². The molecule has 0 spiro atoms. The van der Waals surface area contributed by atoms with Gasteiger partial charge in [0.1, 0.15) is 0 Å². The molecule has 17 heavy (non-hydrogen) atoms. The summed E-state index contributed by atoms with van der Waals surface area (Å²) >= 11 is 3.34. The van der Waals surface area contributed by atoms with Crippen molar-refractivity contribution < 1.29 is 9.47 Å². The SMILES string of the molecule is COc1ccccc1Oc1c(N)cncc1Br. The molecule has 1 heterocycles. The molecular weight excluding hydrogens is 284 g/mol. The lowest BCUT2D eigenvalue weighted by atomic mass is 10.3. The smallest absolute Gasteiger partial charge is 0.169 e. The average molecular weight is 295 g/mol. The Morgan fingerprint density at radius 1 is 1.18 bits per heavy atom. The summed E-state index contributed by atoms with van der Waals surface area (Å²) in [6.45, 7) is 0. The number of aromatic nitrogens is 1. The number of ether oxygens (including phenoxy) is 2. The maximum atomic E-state index is 5.80. The van der Waals surface area contributed by atoms with Gasteiger partial charge < -0.3 is 15.2 Å². The Morgan fingerprint density at radius 2 is 1.88 bits per heavy atom. The molecule has 0 amide bonds. The van der Waals surface area contributed by atoms with Crippen LogP contribution >= 0.6 is 15.9 Å². The van der Waals surface area contributed by atoms with E-state index >= 15 is 0 Å². The number of benzene rings is 1. The van der Waals surface area contributed by atoms with Crippen LogP contribution in [0.25, 0.3) is 0 Å². The van der Waals surface area contributed by atoms with Gasteiger partial charge in [0.2, 0.25) is 0 Å². The van der Waals surface area contributed by atoms with Crippen LogP contribution in [0.4, 0.5) is 5.69 Å². The van der Waals surface area contributed by atoms with Gasteiger partial charge in [-0.2, -0.15) is 0 Å². The van der Waals surface area contributed by atoms with Gasteiger partial charge in [0.05, 0.1) is 23.5 Å². The number of nitrogen functional groups attached to an aromatic ring is 1. The van der Waals surface area contributed by atoms with E-state index in [0.717, 1.165) is 0 Å². The Labute approximate surface area is 108 Å². The molecule has 5 heteroatoms. The molecule has 1 aromatic carbocycles. The van der Waals surface area contributed by atoms with E-state index in [4.69, 9.17) is 15.2 Å². The molecule has 0 aliphatic carbocycles. The number of hydrogen-bond donors (Lipinski definition) is 1. The number of hydrogen-bond acceptors (Lipinski definition) is 4. The van der Waals surface area contributed by atoms with Crippen molar-refractivity contribution in [3.05, 3.63) is 41.1 Å². The van der Waals surface area contributed by atoms with Crippen LogP contribution in [-0.4, -0.2) is 12.1 Å². The van der Waals surface area contributed by atoms with Crippen molar-refractivity contribution in [2.24, 2.45) is 0 Å². The highest BCUT2D eigenvalue weighted by molar-refractivity contribution is 9.10. The van der Waals surface area contributed by atoms with Crippen LogP contribution < -0.4 is 15.2 Å². The van der Waals surface area contributed by atoms with Crippen LogP contribution in [0.1, 0.15) is 0 Å². The second-order valence-electron chi connectivity index (χ2n) is 3.29. The third kappa shape index (κ3) is 2.50. The maximum Gasteiger partial charge on any atom is 0.169 e. The summed E-state index contributed by atoms with van der Waals surface area (Å²) in [5, 5.41) is 0. The topological polar surface area (TPSA) is 57.4 Å². The van der Waals surface area contributed by atoms with Gasteiger partial charge >= 0.3 is 0 Å². The molecule has 1 aromatic heterocycles. The molecule has 0 radical (unpaired) electrons. The van der Waals surface area contributed by atoms with E-state index < -0.39 is 0 Å². The van der Waals surface area contributed by atoms with Crippen molar-refractivity contribution in [2.45, 2.75) is 0 Å². The van der Waals surface area contributed by atoms with Gasteiger partial charge in [0.25, 0.3) is 0 Å². The normalized spacial score (nSPS) is 10.0. The Morgan fingerprint density at radius 3 is 2.53 bits per heavy atom. The fraction of sp³-hybridized carbons (Fsp3) is 0.0833. The van der Waals surface area contributed by atoms with Crippen LogP contribution in [0, 0.1) is 0 Å². The van der Waals surface area contributed by atoms with Crippen molar-refractivity contribution in [1.29, 1.82) is 0 Å². The van der Waals surface area contributed by atoms with Crippen molar-refractivity contribution in [2.75, 3.05) is 12.8 Å². The van der Waals surface area contributed by atoms with E-state index in [1.54, 1.807) is 13.3 Å². The minimum absolute atomic E-state index is 0.463. The quantitative estimate of drug-likeness (QED) is 0.944. The number of para-hydroxylation sites is 2. The zero-order valence-electron chi connectivity index (χ0n) is 9.18. The molecule has 0 bridgehead atoms. The summed E-state index contributed by atoms with van der Waals surface area (Å²) in [5.74, 6) is 1.79. The van der Waals surface area contributed by atoms with E-state index in [2.05, 4.69) is 20.9 Å². The second kappa shape index (κ2) is 5.05. The molecular formula is C12H11BrN2O2. The van der Waals surface area contributed by atoms with Gasteiger partial charge in [-0.05, 0) is 28.1 Å². The first-order chi connectivity index (χ1) is 8.22. The molecule has 0 saturated carbocycles. The van der Waals surface area contributed by atoms with Crippen LogP contribution in [-0.2, 0) is 0 Å². The third-order valence-corrected chi connectivity index (χ3v) is 2.73. The summed E-state index contributed by atoms with van der Waals surface area (Å²) in [4.78, 5) is 3.95. The molecule has 2 aromatic rings. The average Bonchev–Trinajstić information content (AvgIpc) is 2.34. The van der Waals surface area contributed by atoms with Crippen LogP contribution in [0.3, 0.4) is 0 Å². The summed E-state index contributed by atoms with van der Waals surface area (Å²) in [6, 6.07) is 7.37. The summed E-state index contributed by atoms with van der Waals surface area (Å²) < 4.78 is 11.6. The predicted molar refractivity (Wildman–Crippen MR) is 69.4 cm³/mol. The van der Waals surface area contributed by atoms with Gasteiger partial charge in [-0.1, -0.05) is 12.1 Å². The Balaban J connectivity index is 2.38. The molecule has 0 fully saturated rings. The summed E-state index contributed by atoms with van der Waals surface area (Å²) in [5.41, 5.74) is 6.27. The van der Waals surface area contributed by atoms with E-state index in [9.17, 15) is 0 Å². The molecule has 88 valence electrons. The standard InChI is InChI=1S/C12H11BrN2O2/c1-16-10-4-2-3-5-11(10)17-12-8(13)6-15-7-9(12)14/h2-7H,14H2,1H3. The van der Waals surface area contributed by atoms with Gasteiger partial charge in [0.15, 0.2) is 17.2 Å². The maximum absolute atomic E-state index is 5.80. The molecule has 4 nitrogen and oxygen atoms in total. The molecule has 0 aliphatic rings. The molecule has 0 aliphatic heterocycles. The Hall–Kier alpha value is -1.75. The number of pyridine rings is 1. The van der Waals surface area contributed by atoms with Crippen molar-refractivity contribution in [1.82, 2.24) is 4.98 Å². The Bertz CT molecular complexity index is 511. The minimum atomic E-state index is 0.463. The third-order valence-electron chi connectivity index (χ3n) is 2.16. The van der Waals surface area contributed by atoms with Gasteiger partial charge in [0, 0.05) is 6.20 Å². The van der Waals surface area contributed by atoms with Crippen LogP contribution in [0.5, 0.6) is 17.2 Å². The summed E-state index contributed by atoms with van der Waals surface area (Å²) in [6.07, 6.45) is 3.16. The van der Waals surface area contributed by atoms with Crippen LogP contribution in [0.2, 0.25) is 0 Å². The van der Waals surface area contributed by atoms with Crippen molar-refractivity contribution >= 4 is 21.6 Å². The molecule has 2 N–H and O–H groups in total. The fourth-order valence-corrected chi connectivity index (χ4v) is 1.79. The number of nitrogens with two attached hydrogens (primary N) is 1. The first-order valence-electron chi connectivity index (χ1n) is 4.92. The number of rotatable bonds is 3. The largest absolute Gasteiger partial charge is 0.493 e. The summed E-state index contributed by atoms with van der Waals surface area (Å²) in [7, 11) is 1.59. The molecule has 0 unspecified atom stereocenters. The number of methoxy groups -OCH3 is 1. The van der Waals surface area contributed by atoms with Crippen molar-refractivity contribution in [3.63, 3.8) is 0 Å². The Kier molecular flexibility index (Phi) is 3.49. The number of halogens is 1. The first kappa shape index (κ1) is 11.7. The monoisotopic (exact) mass is 294 g/mol. The lowest BCUT2D eigenvalue weighted by Crippen LogP contribution is -1.95. The highest BCUT2D eigenvalue weighted by Crippen LogP contribution is 2.37. The highest BCUT2D eigenvalue weighted by atomic mass is 79.9. The van der Waals surface area contributed by atoms with Crippen molar-refractivity contribution in [3.8, 4) is 17.2 Å². The van der Waals surface area contributed by atoms with Crippen LogP contribution in [0.15, 0.2) is 41.1 Å². The van der Waals surface area contributed by atoms with E-state index in [1.807, 2.05) is 24.3 Å². The van der Waals surface area contributed by atoms with Gasteiger partial charge in [-0.3, -0.25) is 4.98 Å². The zero-order chi connectivity index (χ0) is 12.3. The molecule has 2 rings (SSSR count). The highest BCUT2D eigenvalue weighted by Gasteiger charge is 2.10. The first-order valence-corrected chi connectivity index (χ1v) is 5.71. The fourth-order valence-electron chi connectivity index (χ4n) is 1.36. The lowest BCUT2D eigenvalue weighted by Gasteiger charge is -2.12. The molecule has 0 saturated heterocycles. The lowest BCUT2D eigenvalue weighted by molar-refractivity contribution is 0.378. The minimum Gasteiger partial charge on any atom is -0.493 e. The number of nitrogens with zero attached hydrogens (tertiary/aromatic N) is 1. The molecule has 0 atom stereocenters. The van der Waals surface area contributed by atoms with Gasteiger partial charge in [-0.15, -0.1) is 0 Å². The second-order valence-corrected chi connectivity index (χ2v) is 4.15. The predicted octanol–water partition coefficient (Wildman–Crippen LogP) is 3.23. The zero-order valence-corrected chi connectivity index (χ0v) is 10.8. The van der Waals surface area contributed by atoms with E-state index in [0.29, 0.717) is 27.4 Å². The number of anilines is 1. The van der Waals surface area contributed by atoms with Gasteiger partial charge in [-0.25, -0.2) is 0 Å².